The van der Waals surface area contributed by atoms with E-state index in [9.17, 15) is 5.26 Å². The van der Waals surface area contributed by atoms with Crippen LogP contribution in [0.2, 0.25) is 0 Å². The lowest BCUT2D eigenvalue weighted by atomic mass is 10.2. The van der Waals surface area contributed by atoms with Gasteiger partial charge in [-0.3, -0.25) is 4.57 Å². The summed E-state index contributed by atoms with van der Waals surface area (Å²) in [6.07, 6.45) is 4.67. The molecule has 7 heteroatoms. The van der Waals surface area contributed by atoms with Gasteiger partial charge in [0.25, 0.3) is 0 Å². The van der Waals surface area contributed by atoms with E-state index < -0.39 is 0 Å². The normalized spacial score (nSPS) is 11.5. The molecule has 0 saturated heterocycles. The lowest BCUT2D eigenvalue weighted by molar-refractivity contribution is 0.134. The second kappa shape index (κ2) is 6.89. The molecular formula is C17H16N6O. The number of allylic oxidation sites excluding steroid dienone is 1. The molecule has 0 unspecified atom stereocenters. The van der Waals surface area contributed by atoms with Crippen LogP contribution >= 0.6 is 0 Å². The lowest BCUT2D eigenvalue weighted by Gasteiger charge is -2.04. The van der Waals surface area contributed by atoms with Gasteiger partial charge in [-0.05, 0) is 19.1 Å². The molecule has 2 aromatic heterocycles. The Labute approximate surface area is 139 Å². The van der Waals surface area contributed by atoms with Gasteiger partial charge in [0.15, 0.2) is 5.65 Å². The number of benzene rings is 1. The number of hydrogen-bond donors (Lipinski definition) is 1. The molecule has 0 saturated carbocycles. The van der Waals surface area contributed by atoms with Crippen molar-refractivity contribution >= 4 is 22.4 Å². The number of nitrogens with zero attached hydrogens (tertiary/aromatic N) is 5. The minimum Gasteiger partial charge on any atom is -0.364 e. The van der Waals surface area contributed by atoms with Crippen molar-refractivity contribution in [3.05, 3.63) is 54.4 Å². The third-order valence-corrected chi connectivity index (χ3v) is 3.48. The summed E-state index contributed by atoms with van der Waals surface area (Å²) < 4.78 is 6.86. The average Bonchev–Trinajstić information content (AvgIpc) is 3.01. The Hall–Kier alpha value is -3.24. The zero-order valence-corrected chi connectivity index (χ0v) is 13.4. The molecule has 7 nitrogen and oxygen atoms in total. The summed E-state index contributed by atoms with van der Waals surface area (Å²) in [5.74, 6) is 0. The highest BCUT2D eigenvalue weighted by molar-refractivity contribution is 5.90. The van der Waals surface area contributed by atoms with E-state index in [0.717, 1.165) is 5.69 Å². The molecule has 0 amide bonds. The zero-order chi connectivity index (χ0) is 16.9. The Bertz CT molecular complexity index is 920. The maximum atomic E-state index is 9.49. The number of hydrogen-bond acceptors (Lipinski definition) is 6. The monoisotopic (exact) mass is 320 g/mol. The molecule has 1 N–H and O–H groups in total. The van der Waals surface area contributed by atoms with Crippen molar-refractivity contribution in [2.24, 2.45) is 0 Å². The number of fused-ring (bicyclic) bond motifs is 1. The first-order valence-electron chi connectivity index (χ1n) is 7.31. The van der Waals surface area contributed by atoms with Gasteiger partial charge in [-0.1, -0.05) is 17.7 Å². The maximum Gasteiger partial charge on any atom is 0.165 e. The molecule has 24 heavy (non-hydrogen) atoms. The predicted molar refractivity (Wildman–Crippen MR) is 90.7 cm³/mol. The first kappa shape index (κ1) is 15.6. The SMILES string of the molecule is COCn1cnc2c(/C(C#N)=C/Nc3ccc(C)cc3)ncnc21. The van der Waals surface area contributed by atoms with Crippen molar-refractivity contribution in [2.75, 3.05) is 12.4 Å². The maximum absolute atomic E-state index is 9.49. The van der Waals surface area contributed by atoms with E-state index in [1.165, 1.54) is 11.9 Å². The van der Waals surface area contributed by atoms with E-state index in [1.807, 2.05) is 31.2 Å². The standard InChI is InChI=1S/C17H16N6O/c1-12-3-5-14(6-4-12)19-8-13(7-18)15-16-17(21-9-20-15)23(10-22-16)11-24-2/h3-6,8-10,19H,11H2,1-2H3/b13-8+. The molecule has 0 aliphatic heterocycles. The predicted octanol–water partition coefficient (Wildman–Crippen LogP) is 2.72. The number of anilines is 1. The fraction of sp³-hybridized carbons (Fsp3) is 0.176. The topological polar surface area (TPSA) is 88.7 Å². The number of rotatable bonds is 5. The van der Waals surface area contributed by atoms with Crippen LogP contribution < -0.4 is 5.32 Å². The van der Waals surface area contributed by atoms with E-state index in [0.29, 0.717) is 29.2 Å². The Kier molecular flexibility index (Phi) is 4.50. The fourth-order valence-corrected chi connectivity index (χ4v) is 2.27. The van der Waals surface area contributed by atoms with Crippen molar-refractivity contribution in [2.45, 2.75) is 13.7 Å². The molecule has 0 radical (unpaired) electrons. The van der Waals surface area contributed by atoms with Crippen molar-refractivity contribution in [1.82, 2.24) is 19.5 Å². The molecule has 0 bridgehead atoms. The first-order chi connectivity index (χ1) is 11.7. The third-order valence-electron chi connectivity index (χ3n) is 3.48. The molecule has 0 spiro atoms. The lowest BCUT2D eigenvalue weighted by Crippen LogP contribution is -2.00. The second-order valence-corrected chi connectivity index (χ2v) is 5.21. The van der Waals surface area contributed by atoms with Gasteiger partial charge < -0.3 is 10.1 Å². The van der Waals surface area contributed by atoms with Gasteiger partial charge in [-0.2, -0.15) is 5.26 Å². The van der Waals surface area contributed by atoms with Crippen LogP contribution in [0.4, 0.5) is 5.69 Å². The third kappa shape index (κ3) is 3.09. The number of aryl methyl sites for hydroxylation is 1. The highest BCUT2D eigenvalue weighted by Crippen LogP contribution is 2.20. The minimum atomic E-state index is 0.334. The van der Waals surface area contributed by atoms with Crippen molar-refractivity contribution in [1.29, 1.82) is 5.26 Å². The molecule has 3 rings (SSSR count). The molecule has 0 aliphatic carbocycles. The molecule has 2 heterocycles. The summed E-state index contributed by atoms with van der Waals surface area (Å²) in [6.45, 7) is 2.36. The summed E-state index contributed by atoms with van der Waals surface area (Å²) >= 11 is 0. The van der Waals surface area contributed by atoms with E-state index in [1.54, 1.807) is 24.2 Å². The van der Waals surface area contributed by atoms with Crippen LogP contribution in [0.1, 0.15) is 11.3 Å². The fourth-order valence-electron chi connectivity index (χ4n) is 2.27. The van der Waals surface area contributed by atoms with Crippen LogP contribution in [0, 0.1) is 18.3 Å². The number of imidazole rings is 1. The summed E-state index contributed by atoms with van der Waals surface area (Å²) in [6, 6.07) is 10.1. The molecule has 0 atom stereocenters. The number of nitrogens with one attached hydrogen (secondary N) is 1. The summed E-state index contributed by atoms with van der Waals surface area (Å²) in [5, 5.41) is 12.6. The molecule has 3 aromatic rings. The van der Waals surface area contributed by atoms with Crippen LogP contribution in [-0.4, -0.2) is 26.6 Å². The van der Waals surface area contributed by atoms with Gasteiger partial charge in [0, 0.05) is 19.0 Å². The van der Waals surface area contributed by atoms with Crippen LogP contribution in [0.3, 0.4) is 0 Å². The van der Waals surface area contributed by atoms with Gasteiger partial charge in [0.05, 0.1) is 11.9 Å². The highest BCUT2D eigenvalue weighted by Gasteiger charge is 2.13. The first-order valence-corrected chi connectivity index (χ1v) is 7.31. The van der Waals surface area contributed by atoms with E-state index in [-0.39, 0.29) is 0 Å². The molecular weight excluding hydrogens is 304 g/mol. The minimum absolute atomic E-state index is 0.334. The van der Waals surface area contributed by atoms with Gasteiger partial charge in [-0.25, -0.2) is 15.0 Å². The summed E-state index contributed by atoms with van der Waals surface area (Å²) in [5.41, 5.74) is 4.11. The van der Waals surface area contributed by atoms with Crippen LogP contribution in [0.25, 0.3) is 16.7 Å². The number of ether oxygens (including phenoxy) is 1. The molecule has 1 aromatic carbocycles. The number of methoxy groups -OCH3 is 1. The van der Waals surface area contributed by atoms with Gasteiger partial charge in [0.1, 0.15) is 30.3 Å². The quantitative estimate of drug-likeness (QED) is 0.727. The Morgan fingerprint density at radius 1 is 1.29 bits per heavy atom. The molecule has 120 valence electrons. The summed E-state index contributed by atoms with van der Waals surface area (Å²) in [7, 11) is 1.60. The van der Waals surface area contributed by atoms with E-state index in [4.69, 9.17) is 4.74 Å². The largest absolute Gasteiger partial charge is 0.364 e. The Morgan fingerprint density at radius 2 is 2.08 bits per heavy atom. The Morgan fingerprint density at radius 3 is 2.79 bits per heavy atom. The molecule has 0 aliphatic rings. The van der Waals surface area contributed by atoms with Crippen molar-refractivity contribution in [3.63, 3.8) is 0 Å². The van der Waals surface area contributed by atoms with Crippen molar-refractivity contribution in [3.8, 4) is 6.07 Å². The Balaban J connectivity index is 1.96. The van der Waals surface area contributed by atoms with E-state index in [2.05, 4.69) is 26.3 Å². The highest BCUT2D eigenvalue weighted by atomic mass is 16.5. The van der Waals surface area contributed by atoms with Crippen LogP contribution in [0.15, 0.2) is 43.1 Å². The zero-order valence-electron chi connectivity index (χ0n) is 13.4. The van der Waals surface area contributed by atoms with E-state index >= 15 is 0 Å². The van der Waals surface area contributed by atoms with Gasteiger partial charge in [-0.15, -0.1) is 0 Å². The number of aromatic nitrogens is 4. The number of nitriles is 1. The average molecular weight is 320 g/mol. The molecule has 0 fully saturated rings. The van der Waals surface area contributed by atoms with Crippen LogP contribution in [-0.2, 0) is 11.5 Å². The van der Waals surface area contributed by atoms with Crippen molar-refractivity contribution < 1.29 is 4.74 Å². The van der Waals surface area contributed by atoms with Crippen LogP contribution in [0.5, 0.6) is 0 Å². The smallest absolute Gasteiger partial charge is 0.165 e. The second-order valence-electron chi connectivity index (χ2n) is 5.21. The van der Waals surface area contributed by atoms with Gasteiger partial charge in [0.2, 0.25) is 0 Å². The van der Waals surface area contributed by atoms with Gasteiger partial charge >= 0.3 is 0 Å². The summed E-state index contributed by atoms with van der Waals surface area (Å²) in [4.78, 5) is 12.7.